The third-order valence-electron chi connectivity index (χ3n) is 3.07. The van der Waals surface area contributed by atoms with Crippen LogP contribution >= 0.6 is 0 Å². The lowest BCUT2D eigenvalue weighted by Crippen LogP contribution is -2.14. The molecule has 1 unspecified atom stereocenters. The van der Waals surface area contributed by atoms with Gasteiger partial charge in [0.05, 0.1) is 0 Å². The summed E-state index contributed by atoms with van der Waals surface area (Å²) in [7, 11) is 0. The van der Waals surface area contributed by atoms with Gasteiger partial charge in [0.1, 0.15) is 0 Å². The Bertz CT molecular complexity index is 474. The summed E-state index contributed by atoms with van der Waals surface area (Å²) >= 11 is 0. The quantitative estimate of drug-likeness (QED) is 0.828. The Morgan fingerprint density at radius 1 is 1.29 bits per heavy atom. The molecule has 2 heteroatoms. The molecule has 17 heavy (non-hydrogen) atoms. The summed E-state index contributed by atoms with van der Waals surface area (Å²) < 4.78 is 0. The number of anilines is 1. The van der Waals surface area contributed by atoms with E-state index < -0.39 is 0 Å². The highest BCUT2D eigenvalue weighted by Crippen LogP contribution is 2.23. The lowest BCUT2D eigenvalue weighted by molar-refractivity contribution is 0.645. The third-order valence-corrected chi connectivity index (χ3v) is 3.07. The SMILES string of the molecule is CCCCC(C)Nc1cccc2cnccc12. The van der Waals surface area contributed by atoms with Gasteiger partial charge >= 0.3 is 0 Å². The van der Waals surface area contributed by atoms with Crippen LogP contribution in [0.1, 0.15) is 33.1 Å². The van der Waals surface area contributed by atoms with Gasteiger partial charge < -0.3 is 5.32 Å². The van der Waals surface area contributed by atoms with Crippen molar-refractivity contribution in [3.8, 4) is 0 Å². The minimum Gasteiger partial charge on any atom is -0.382 e. The molecule has 2 aromatic rings. The first-order valence-corrected chi connectivity index (χ1v) is 6.40. The fourth-order valence-corrected chi connectivity index (χ4v) is 2.10. The molecule has 0 aliphatic rings. The monoisotopic (exact) mass is 228 g/mol. The summed E-state index contributed by atoms with van der Waals surface area (Å²) in [6.45, 7) is 4.48. The largest absolute Gasteiger partial charge is 0.382 e. The Balaban J connectivity index is 2.18. The van der Waals surface area contributed by atoms with Crippen molar-refractivity contribution in [1.29, 1.82) is 0 Å². The molecule has 0 radical (unpaired) electrons. The van der Waals surface area contributed by atoms with Crippen molar-refractivity contribution in [1.82, 2.24) is 4.98 Å². The van der Waals surface area contributed by atoms with Crippen LogP contribution in [-0.2, 0) is 0 Å². The topological polar surface area (TPSA) is 24.9 Å². The molecule has 0 bridgehead atoms. The predicted molar refractivity (Wildman–Crippen MR) is 74.4 cm³/mol. The van der Waals surface area contributed by atoms with Crippen molar-refractivity contribution in [3.05, 3.63) is 36.7 Å². The zero-order valence-electron chi connectivity index (χ0n) is 10.6. The van der Waals surface area contributed by atoms with E-state index >= 15 is 0 Å². The molecule has 1 aromatic heterocycles. The number of hydrogen-bond acceptors (Lipinski definition) is 2. The summed E-state index contributed by atoms with van der Waals surface area (Å²) in [5.41, 5.74) is 1.22. The molecule has 1 aromatic carbocycles. The molecule has 0 saturated heterocycles. The van der Waals surface area contributed by atoms with Gasteiger partial charge in [-0.1, -0.05) is 31.9 Å². The van der Waals surface area contributed by atoms with Gasteiger partial charge in [-0.15, -0.1) is 0 Å². The minimum absolute atomic E-state index is 0.522. The van der Waals surface area contributed by atoms with E-state index in [-0.39, 0.29) is 0 Å². The molecular weight excluding hydrogens is 208 g/mol. The molecule has 0 amide bonds. The van der Waals surface area contributed by atoms with Gasteiger partial charge in [-0.2, -0.15) is 0 Å². The zero-order valence-corrected chi connectivity index (χ0v) is 10.6. The molecule has 1 heterocycles. The van der Waals surface area contributed by atoms with Crippen molar-refractivity contribution in [2.45, 2.75) is 39.2 Å². The first kappa shape index (κ1) is 11.9. The van der Waals surface area contributed by atoms with Crippen LogP contribution in [0.3, 0.4) is 0 Å². The third kappa shape index (κ3) is 2.96. The normalized spacial score (nSPS) is 12.6. The van der Waals surface area contributed by atoms with Gasteiger partial charge in [0.2, 0.25) is 0 Å². The Hall–Kier alpha value is -1.57. The van der Waals surface area contributed by atoms with Crippen LogP contribution in [-0.4, -0.2) is 11.0 Å². The number of pyridine rings is 1. The van der Waals surface area contributed by atoms with Crippen molar-refractivity contribution >= 4 is 16.5 Å². The lowest BCUT2D eigenvalue weighted by atomic mass is 10.1. The van der Waals surface area contributed by atoms with Gasteiger partial charge in [-0.05, 0) is 25.5 Å². The number of nitrogens with one attached hydrogen (secondary N) is 1. The number of benzene rings is 1. The van der Waals surface area contributed by atoms with Crippen molar-refractivity contribution in [2.75, 3.05) is 5.32 Å². The highest BCUT2D eigenvalue weighted by molar-refractivity contribution is 5.93. The average molecular weight is 228 g/mol. The van der Waals surface area contributed by atoms with Gasteiger partial charge in [-0.25, -0.2) is 0 Å². The Morgan fingerprint density at radius 3 is 3.00 bits per heavy atom. The van der Waals surface area contributed by atoms with E-state index in [1.165, 1.54) is 35.7 Å². The van der Waals surface area contributed by atoms with E-state index in [2.05, 4.69) is 48.4 Å². The molecule has 1 atom stereocenters. The number of rotatable bonds is 5. The van der Waals surface area contributed by atoms with Gasteiger partial charge in [-0.3, -0.25) is 4.98 Å². The van der Waals surface area contributed by atoms with Crippen LogP contribution in [0.5, 0.6) is 0 Å². The van der Waals surface area contributed by atoms with Gasteiger partial charge in [0.25, 0.3) is 0 Å². The van der Waals surface area contributed by atoms with E-state index in [1.807, 2.05) is 12.4 Å². The summed E-state index contributed by atoms with van der Waals surface area (Å²) in [6.07, 6.45) is 7.52. The Kier molecular flexibility index (Phi) is 3.97. The number of fused-ring (bicyclic) bond motifs is 1. The second kappa shape index (κ2) is 5.67. The number of aromatic nitrogens is 1. The maximum Gasteiger partial charge on any atom is 0.0423 e. The van der Waals surface area contributed by atoms with E-state index in [0.29, 0.717) is 6.04 Å². The standard InChI is InChI=1S/C15H20N2/c1-3-4-6-12(2)17-15-8-5-7-13-11-16-10-9-14(13)15/h5,7-12,17H,3-4,6H2,1-2H3. The average Bonchev–Trinajstić information content (AvgIpc) is 2.37. The second-order valence-electron chi connectivity index (χ2n) is 4.59. The molecular formula is C15H20N2. The molecule has 0 saturated carbocycles. The summed E-state index contributed by atoms with van der Waals surface area (Å²) in [5, 5.41) is 6.04. The maximum absolute atomic E-state index is 4.15. The van der Waals surface area contributed by atoms with Crippen LogP contribution in [0, 0.1) is 0 Å². The smallest absolute Gasteiger partial charge is 0.0423 e. The molecule has 2 nitrogen and oxygen atoms in total. The Morgan fingerprint density at radius 2 is 2.18 bits per heavy atom. The van der Waals surface area contributed by atoms with Gasteiger partial charge in [0, 0.05) is 34.9 Å². The summed E-state index contributed by atoms with van der Waals surface area (Å²) in [6, 6.07) is 8.92. The molecule has 2 rings (SSSR count). The van der Waals surface area contributed by atoms with Crippen LogP contribution in [0.2, 0.25) is 0 Å². The molecule has 0 fully saturated rings. The van der Waals surface area contributed by atoms with E-state index in [1.54, 1.807) is 0 Å². The maximum atomic E-state index is 4.15. The highest BCUT2D eigenvalue weighted by atomic mass is 14.9. The summed E-state index contributed by atoms with van der Waals surface area (Å²) in [4.78, 5) is 4.15. The van der Waals surface area contributed by atoms with E-state index in [4.69, 9.17) is 0 Å². The van der Waals surface area contributed by atoms with Crippen LogP contribution in [0.15, 0.2) is 36.7 Å². The zero-order chi connectivity index (χ0) is 12.1. The predicted octanol–water partition coefficient (Wildman–Crippen LogP) is 4.23. The minimum atomic E-state index is 0.522. The highest BCUT2D eigenvalue weighted by Gasteiger charge is 2.04. The molecule has 0 spiro atoms. The van der Waals surface area contributed by atoms with Crippen LogP contribution < -0.4 is 5.32 Å². The fraction of sp³-hybridized carbons (Fsp3) is 0.400. The lowest BCUT2D eigenvalue weighted by Gasteiger charge is -2.16. The summed E-state index contributed by atoms with van der Waals surface area (Å²) in [5.74, 6) is 0. The molecule has 0 aliphatic heterocycles. The number of hydrogen-bond donors (Lipinski definition) is 1. The van der Waals surface area contributed by atoms with Crippen molar-refractivity contribution < 1.29 is 0 Å². The first-order chi connectivity index (χ1) is 8.31. The number of nitrogens with zero attached hydrogens (tertiary/aromatic N) is 1. The van der Waals surface area contributed by atoms with Crippen LogP contribution in [0.4, 0.5) is 5.69 Å². The molecule has 90 valence electrons. The fourth-order valence-electron chi connectivity index (χ4n) is 2.10. The molecule has 0 aliphatic carbocycles. The first-order valence-electron chi connectivity index (χ1n) is 6.40. The second-order valence-corrected chi connectivity index (χ2v) is 4.59. The van der Waals surface area contributed by atoms with E-state index in [9.17, 15) is 0 Å². The van der Waals surface area contributed by atoms with Crippen LogP contribution in [0.25, 0.3) is 10.8 Å². The molecule has 1 N–H and O–H groups in total. The van der Waals surface area contributed by atoms with Crippen molar-refractivity contribution in [2.24, 2.45) is 0 Å². The van der Waals surface area contributed by atoms with Gasteiger partial charge in [0.15, 0.2) is 0 Å². The van der Waals surface area contributed by atoms with E-state index in [0.717, 1.165) is 0 Å². The Labute approximate surface area is 103 Å². The van der Waals surface area contributed by atoms with Crippen molar-refractivity contribution in [3.63, 3.8) is 0 Å². The number of unbranched alkanes of at least 4 members (excludes halogenated alkanes) is 1.